The first-order valence-corrected chi connectivity index (χ1v) is 11.6. The average Bonchev–Trinajstić information content (AvgIpc) is 3.12. The summed E-state index contributed by atoms with van der Waals surface area (Å²) in [6.45, 7) is 1.45. The first-order chi connectivity index (χ1) is 16.5. The van der Waals surface area contributed by atoms with Gasteiger partial charge in [0.05, 0.1) is 23.6 Å². The van der Waals surface area contributed by atoms with Gasteiger partial charge in [-0.15, -0.1) is 0 Å². The molecule has 2 heterocycles. The van der Waals surface area contributed by atoms with E-state index in [0.29, 0.717) is 25.0 Å². The van der Waals surface area contributed by atoms with Gasteiger partial charge in [-0.3, -0.25) is 9.36 Å². The van der Waals surface area contributed by atoms with Crippen LogP contribution < -0.4 is 16.4 Å². The molecule has 1 saturated heterocycles. The van der Waals surface area contributed by atoms with Gasteiger partial charge in [-0.2, -0.15) is 5.26 Å². The van der Waals surface area contributed by atoms with Crippen LogP contribution in [0, 0.1) is 17.2 Å². The molecule has 1 aliphatic rings. The van der Waals surface area contributed by atoms with E-state index >= 15 is 0 Å². The number of carbonyl (C=O) groups is 1. The van der Waals surface area contributed by atoms with Gasteiger partial charge in [-0.05, 0) is 54.6 Å². The van der Waals surface area contributed by atoms with Crippen molar-refractivity contribution in [3.63, 3.8) is 0 Å². The number of aromatic nitrogens is 1. The standard InChI is InChI=1S/C26H30N4O4/c1-30-23-14-19(9-10-24(23)34-26(30)32)18-7-5-17(6-8-18)12-21(15-27)29-25(31)20-13-22(33-2)4-3-11-28-16-20/h5-10,14,20-22,28H,3-4,11-13,16H2,1-2H3,(H,29,31)/t20-,21-,22?/m0/s1. The number of fused-ring (bicyclic) bond motifs is 1. The van der Waals surface area contributed by atoms with Gasteiger partial charge in [0.1, 0.15) is 6.04 Å². The summed E-state index contributed by atoms with van der Waals surface area (Å²) in [4.78, 5) is 24.6. The van der Waals surface area contributed by atoms with E-state index in [9.17, 15) is 14.9 Å². The summed E-state index contributed by atoms with van der Waals surface area (Å²) in [5.41, 5.74) is 4.20. The van der Waals surface area contributed by atoms with E-state index in [4.69, 9.17) is 9.15 Å². The molecule has 1 aromatic heterocycles. The Morgan fingerprint density at radius 1 is 1.29 bits per heavy atom. The Balaban J connectivity index is 1.41. The van der Waals surface area contributed by atoms with Gasteiger partial charge in [-0.25, -0.2) is 4.79 Å². The van der Waals surface area contributed by atoms with Crippen LogP contribution in [0.4, 0.5) is 0 Å². The molecule has 4 rings (SSSR count). The summed E-state index contributed by atoms with van der Waals surface area (Å²) in [7, 11) is 3.37. The molecule has 1 unspecified atom stereocenters. The molecule has 2 N–H and O–H groups in total. The molecule has 1 amide bonds. The number of amides is 1. The normalized spacial score (nSPS) is 19.7. The molecule has 1 aliphatic heterocycles. The first-order valence-electron chi connectivity index (χ1n) is 11.6. The number of ether oxygens (including phenoxy) is 1. The monoisotopic (exact) mass is 462 g/mol. The maximum atomic E-state index is 12.9. The second-order valence-electron chi connectivity index (χ2n) is 8.84. The zero-order chi connectivity index (χ0) is 24.1. The Morgan fingerprint density at radius 3 is 2.79 bits per heavy atom. The number of nitrogens with zero attached hydrogens (tertiary/aromatic N) is 2. The molecule has 0 spiro atoms. The minimum Gasteiger partial charge on any atom is -0.408 e. The van der Waals surface area contributed by atoms with Crippen LogP contribution in [0.2, 0.25) is 0 Å². The van der Waals surface area contributed by atoms with Gasteiger partial charge < -0.3 is 19.8 Å². The van der Waals surface area contributed by atoms with Crippen molar-refractivity contribution in [1.29, 1.82) is 5.26 Å². The van der Waals surface area contributed by atoms with E-state index in [1.165, 1.54) is 4.57 Å². The van der Waals surface area contributed by atoms with Crippen LogP contribution in [0.1, 0.15) is 24.8 Å². The summed E-state index contributed by atoms with van der Waals surface area (Å²) in [5.74, 6) is -0.726. The van der Waals surface area contributed by atoms with E-state index in [1.807, 2.05) is 36.4 Å². The van der Waals surface area contributed by atoms with Crippen molar-refractivity contribution in [3.05, 3.63) is 58.6 Å². The van der Waals surface area contributed by atoms with Gasteiger partial charge in [0.15, 0.2) is 5.58 Å². The fourth-order valence-corrected chi connectivity index (χ4v) is 4.46. The number of oxazole rings is 1. The van der Waals surface area contributed by atoms with Gasteiger partial charge in [0, 0.05) is 27.1 Å². The molecule has 178 valence electrons. The fraction of sp³-hybridized carbons (Fsp3) is 0.423. The molecule has 1 fully saturated rings. The SMILES string of the molecule is COC1CCCNC[C@@H](C(=O)N[C@H](C#N)Cc2ccc(-c3ccc4oc(=O)n(C)c4c3)cc2)C1. The molecule has 2 aromatic carbocycles. The molecule has 8 nitrogen and oxygen atoms in total. The third-order valence-electron chi connectivity index (χ3n) is 6.51. The number of benzene rings is 2. The minimum atomic E-state index is -0.610. The Labute approximate surface area is 198 Å². The lowest BCUT2D eigenvalue weighted by molar-refractivity contribution is -0.126. The average molecular weight is 463 g/mol. The van der Waals surface area contributed by atoms with Crippen molar-refractivity contribution >= 4 is 17.0 Å². The van der Waals surface area contributed by atoms with Crippen molar-refractivity contribution in [2.24, 2.45) is 13.0 Å². The van der Waals surface area contributed by atoms with Gasteiger partial charge in [0.25, 0.3) is 0 Å². The highest BCUT2D eigenvalue weighted by atomic mass is 16.5. The lowest BCUT2D eigenvalue weighted by Gasteiger charge is -2.26. The van der Waals surface area contributed by atoms with Crippen molar-refractivity contribution in [2.45, 2.75) is 37.8 Å². The zero-order valence-corrected chi connectivity index (χ0v) is 19.5. The zero-order valence-electron chi connectivity index (χ0n) is 19.5. The molecular formula is C26H30N4O4. The molecule has 0 radical (unpaired) electrons. The smallest absolute Gasteiger partial charge is 0.408 e. The lowest BCUT2D eigenvalue weighted by Crippen LogP contribution is -2.44. The van der Waals surface area contributed by atoms with Gasteiger partial charge in [-0.1, -0.05) is 30.3 Å². The van der Waals surface area contributed by atoms with Crippen LogP contribution in [0.5, 0.6) is 0 Å². The number of rotatable bonds is 6. The van der Waals surface area contributed by atoms with Crippen LogP contribution in [0.3, 0.4) is 0 Å². The third kappa shape index (κ3) is 5.38. The number of carbonyl (C=O) groups excluding carboxylic acids is 1. The summed E-state index contributed by atoms with van der Waals surface area (Å²) < 4.78 is 12.2. The summed E-state index contributed by atoms with van der Waals surface area (Å²) in [5, 5.41) is 15.9. The van der Waals surface area contributed by atoms with E-state index in [0.717, 1.165) is 41.6 Å². The number of methoxy groups -OCH3 is 1. The molecule has 34 heavy (non-hydrogen) atoms. The van der Waals surface area contributed by atoms with Gasteiger partial charge in [0.2, 0.25) is 5.91 Å². The Kier molecular flexibility index (Phi) is 7.46. The highest BCUT2D eigenvalue weighted by Crippen LogP contribution is 2.24. The molecule has 8 heteroatoms. The second-order valence-corrected chi connectivity index (χ2v) is 8.84. The van der Waals surface area contributed by atoms with Crippen LogP contribution >= 0.6 is 0 Å². The summed E-state index contributed by atoms with van der Waals surface area (Å²) in [6, 6.07) is 15.1. The van der Waals surface area contributed by atoms with Gasteiger partial charge >= 0.3 is 5.76 Å². The fourth-order valence-electron chi connectivity index (χ4n) is 4.46. The Morgan fingerprint density at radius 2 is 2.06 bits per heavy atom. The molecule has 0 saturated carbocycles. The quantitative estimate of drug-likeness (QED) is 0.583. The highest BCUT2D eigenvalue weighted by molar-refractivity contribution is 5.81. The highest BCUT2D eigenvalue weighted by Gasteiger charge is 2.26. The minimum absolute atomic E-state index is 0.0645. The van der Waals surface area contributed by atoms with E-state index < -0.39 is 6.04 Å². The Bertz CT molecular complexity index is 1240. The summed E-state index contributed by atoms with van der Waals surface area (Å²) in [6.07, 6.45) is 3.08. The number of aryl methyl sites for hydroxylation is 1. The predicted octanol–water partition coefficient (Wildman–Crippen LogP) is 2.75. The molecule has 0 aliphatic carbocycles. The van der Waals surface area contributed by atoms with Crippen molar-refractivity contribution in [2.75, 3.05) is 20.2 Å². The maximum absolute atomic E-state index is 12.9. The molecule has 3 aromatic rings. The predicted molar refractivity (Wildman–Crippen MR) is 129 cm³/mol. The van der Waals surface area contributed by atoms with Crippen molar-refractivity contribution in [1.82, 2.24) is 15.2 Å². The van der Waals surface area contributed by atoms with E-state index in [2.05, 4.69) is 16.7 Å². The van der Waals surface area contributed by atoms with Crippen LogP contribution in [-0.2, 0) is 23.0 Å². The molecular weight excluding hydrogens is 432 g/mol. The van der Waals surface area contributed by atoms with Crippen LogP contribution in [0.25, 0.3) is 22.2 Å². The van der Waals surface area contributed by atoms with E-state index in [1.54, 1.807) is 20.2 Å². The van der Waals surface area contributed by atoms with Crippen molar-refractivity contribution in [3.8, 4) is 17.2 Å². The number of hydrogen-bond acceptors (Lipinski definition) is 6. The topological polar surface area (TPSA) is 109 Å². The van der Waals surface area contributed by atoms with E-state index in [-0.39, 0.29) is 23.7 Å². The maximum Gasteiger partial charge on any atom is 0.419 e. The first kappa shape index (κ1) is 23.7. The Hall–Kier alpha value is -3.41. The van der Waals surface area contributed by atoms with Crippen LogP contribution in [0.15, 0.2) is 51.7 Å². The number of nitrogens with one attached hydrogen (secondary N) is 2. The van der Waals surface area contributed by atoms with Crippen LogP contribution in [-0.4, -0.2) is 42.8 Å². The third-order valence-corrected chi connectivity index (χ3v) is 6.51. The lowest BCUT2D eigenvalue weighted by atomic mass is 9.95. The second kappa shape index (κ2) is 10.7. The molecule has 0 bridgehead atoms. The largest absolute Gasteiger partial charge is 0.419 e. The van der Waals surface area contributed by atoms with Crippen molar-refractivity contribution < 1.29 is 13.9 Å². The number of nitriles is 1. The number of hydrogen-bond donors (Lipinski definition) is 2. The summed E-state index contributed by atoms with van der Waals surface area (Å²) >= 11 is 0. The molecule has 3 atom stereocenters.